The Kier molecular flexibility index (Phi) is 31.0. The molecule has 2 rings (SSSR count). The van der Waals surface area contributed by atoms with Crippen LogP contribution >= 0.6 is 0 Å². The molecule has 1 heterocycles. The molecule has 0 radical (unpaired) electrons. The van der Waals surface area contributed by atoms with Crippen molar-refractivity contribution in [1.82, 2.24) is 55.6 Å². The summed E-state index contributed by atoms with van der Waals surface area (Å²) in [6.07, 6.45) is 2.82. The number of benzene rings is 1. The van der Waals surface area contributed by atoms with Crippen molar-refractivity contribution >= 4 is 65.0 Å². The molecule has 0 unspecified atom stereocenters. The Hall–Kier alpha value is -6.91. The molecule has 0 bridgehead atoms. The predicted octanol–water partition coefficient (Wildman–Crippen LogP) is 3.47. The minimum Gasteiger partial charge on any atom is -0.390 e. The zero-order valence-electron chi connectivity index (χ0n) is 56.9. The predicted molar refractivity (Wildman–Crippen MR) is 339 cm³/mol. The SMILES string of the molecule is C/C=C/C[C@@H](C)[C@@H](O)[C@H]1C(=O)N[C@@H](CC)C(=O)N(C)CC(=O)N(C)[C@@H](Cc2ccccc2)C(=O)N[C@@H](C(C)C)C(=O)N(C)[C@@H](CC(C)C)C(=O)N[C@@H](C)C(=O)N[C@H](C)C(=O)N(C)[C@@H](CC(C)C)C(=O)N(C)[C@@H](CC(C)C)C(=O)N(C)[C@@H](C(C)C)C(=O)N1C. The van der Waals surface area contributed by atoms with Crippen LogP contribution in [0, 0.1) is 35.5 Å². The lowest BCUT2D eigenvalue weighted by atomic mass is 9.91. The van der Waals surface area contributed by atoms with Crippen LogP contribution in [0.3, 0.4) is 0 Å². The van der Waals surface area contributed by atoms with E-state index in [0.29, 0.717) is 12.0 Å². The van der Waals surface area contributed by atoms with E-state index < -0.39 is 156 Å². The fraction of sp³-hybridized carbons (Fsp3) is 0.708. The molecule has 1 fully saturated rings. The molecule has 0 aromatic heterocycles. The Morgan fingerprint density at radius 2 is 0.966 bits per heavy atom. The minimum atomic E-state index is -1.62. The number of carbonyl (C=O) groups excluding carboxylic acids is 11. The van der Waals surface area contributed by atoms with Crippen LogP contribution in [-0.4, -0.2) is 227 Å². The number of nitrogens with zero attached hydrogens (tertiary/aromatic N) is 7. The van der Waals surface area contributed by atoms with Gasteiger partial charge in [-0.2, -0.15) is 0 Å². The third-order valence-corrected chi connectivity index (χ3v) is 16.7. The van der Waals surface area contributed by atoms with Gasteiger partial charge in [0.2, 0.25) is 65.0 Å². The number of allylic oxidation sites excluding steroid dienone is 2. The lowest BCUT2D eigenvalue weighted by Gasteiger charge is -2.41. The van der Waals surface area contributed by atoms with E-state index in [1.807, 2.05) is 41.5 Å². The van der Waals surface area contributed by atoms with Gasteiger partial charge in [0.15, 0.2) is 0 Å². The molecule has 88 heavy (non-hydrogen) atoms. The number of likely N-dealkylation sites (N-methyl/N-ethyl adjacent to an activating group) is 7. The van der Waals surface area contributed by atoms with Gasteiger partial charge in [-0.3, -0.25) is 52.7 Å². The molecule has 12 atom stereocenters. The highest BCUT2D eigenvalue weighted by molar-refractivity contribution is 5.99. The van der Waals surface area contributed by atoms with Crippen LogP contribution in [0.25, 0.3) is 0 Å². The molecule has 23 heteroatoms. The van der Waals surface area contributed by atoms with Gasteiger partial charge in [-0.1, -0.05) is 126 Å². The normalized spacial score (nSPS) is 26.3. The van der Waals surface area contributed by atoms with E-state index in [4.69, 9.17) is 0 Å². The van der Waals surface area contributed by atoms with Gasteiger partial charge in [0.1, 0.15) is 60.4 Å². The summed E-state index contributed by atoms with van der Waals surface area (Å²) >= 11 is 0. The van der Waals surface area contributed by atoms with Gasteiger partial charge in [0.25, 0.3) is 0 Å². The van der Waals surface area contributed by atoms with E-state index >= 15 is 9.59 Å². The first-order valence-electron chi connectivity index (χ1n) is 31.3. The van der Waals surface area contributed by atoms with Crippen molar-refractivity contribution in [2.45, 2.75) is 209 Å². The van der Waals surface area contributed by atoms with Crippen molar-refractivity contribution in [3.63, 3.8) is 0 Å². The third-order valence-electron chi connectivity index (χ3n) is 16.7. The first-order chi connectivity index (χ1) is 40.9. The van der Waals surface area contributed by atoms with Gasteiger partial charge >= 0.3 is 0 Å². The molecule has 1 aromatic rings. The van der Waals surface area contributed by atoms with Crippen LogP contribution in [-0.2, 0) is 59.2 Å². The summed E-state index contributed by atoms with van der Waals surface area (Å²) in [7, 11) is 9.89. The van der Waals surface area contributed by atoms with E-state index in [9.17, 15) is 48.3 Å². The summed E-state index contributed by atoms with van der Waals surface area (Å²) in [6.45, 7) is 25.5. The van der Waals surface area contributed by atoms with Gasteiger partial charge in [0, 0.05) is 55.8 Å². The molecule has 0 spiro atoms. The van der Waals surface area contributed by atoms with Gasteiger partial charge in [-0.15, -0.1) is 0 Å². The second-order valence-corrected chi connectivity index (χ2v) is 26.2. The standard InChI is InChI=1S/C65H109N11O12/c1-23-25-29-42(13)55(78)54-59(82)68-46(24-2)61(84)70(16)36-51(77)71(17)48(35-45-30-27-26-28-31-45)58(81)69-52(40(9)10)64(87)72(18)47(32-37(3)4)57(80)66-43(14)56(79)67-44(15)60(83)73(19)49(33-38(5)6)62(85)74(20)50(34-39(7)8)63(86)75(21)53(41(11)12)65(88)76(54)22/h23,25-28,30-31,37-44,46-50,52-55,78H,24,29,32-36H2,1-22H3,(H,66,80)(H,67,79)(H,68,82)(H,69,81)/b25-23+/t42-,43+,44-,46+,47+,48+,49+,50+,52+,53+,54+,55-/m1/s1. The summed E-state index contributed by atoms with van der Waals surface area (Å²) in [5.41, 5.74) is 0.674. The lowest BCUT2D eigenvalue weighted by molar-refractivity contribution is -0.157. The molecular formula is C65H109N11O12. The Bertz CT molecular complexity index is 2580. The Morgan fingerprint density at radius 1 is 0.500 bits per heavy atom. The third kappa shape index (κ3) is 21.1. The summed E-state index contributed by atoms with van der Waals surface area (Å²) in [4.78, 5) is 170. The van der Waals surface area contributed by atoms with E-state index in [1.54, 1.807) is 91.0 Å². The lowest BCUT2D eigenvalue weighted by Crippen LogP contribution is -2.63. The van der Waals surface area contributed by atoms with Crippen LogP contribution < -0.4 is 21.3 Å². The minimum absolute atomic E-state index is 0.00963. The molecule has 0 saturated carbocycles. The second kappa shape index (κ2) is 35.3. The second-order valence-electron chi connectivity index (χ2n) is 26.2. The molecule has 1 aliphatic rings. The number of rotatable bonds is 15. The van der Waals surface area contributed by atoms with Crippen molar-refractivity contribution in [1.29, 1.82) is 0 Å². The molecule has 5 N–H and O–H groups in total. The van der Waals surface area contributed by atoms with Crippen LogP contribution in [0.1, 0.15) is 142 Å². The molecule has 1 aromatic carbocycles. The molecule has 23 nitrogen and oxygen atoms in total. The fourth-order valence-corrected chi connectivity index (χ4v) is 11.0. The van der Waals surface area contributed by atoms with Crippen LogP contribution in [0.15, 0.2) is 42.5 Å². The first kappa shape index (κ1) is 77.2. The maximum absolute atomic E-state index is 15.2. The molecule has 1 aliphatic heterocycles. The monoisotopic (exact) mass is 1240 g/mol. The summed E-state index contributed by atoms with van der Waals surface area (Å²) in [5.74, 6) is -9.79. The van der Waals surface area contributed by atoms with Crippen LogP contribution in [0.5, 0.6) is 0 Å². The van der Waals surface area contributed by atoms with Crippen molar-refractivity contribution in [2.75, 3.05) is 55.9 Å². The van der Waals surface area contributed by atoms with Gasteiger partial charge in [0.05, 0.1) is 12.6 Å². The zero-order chi connectivity index (χ0) is 67.5. The largest absolute Gasteiger partial charge is 0.390 e. The average molecular weight is 1240 g/mol. The van der Waals surface area contributed by atoms with Crippen LogP contribution in [0.4, 0.5) is 0 Å². The summed E-state index contributed by atoms with van der Waals surface area (Å²) in [6, 6.07) is -3.68. The topological polar surface area (TPSA) is 279 Å². The van der Waals surface area contributed by atoms with Crippen molar-refractivity contribution in [3.8, 4) is 0 Å². The number of nitrogens with one attached hydrogen (secondary N) is 4. The van der Waals surface area contributed by atoms with Crippen molar-refractivity contribution < 1.29 is 57.8 Å². The summed E-state index contributed by atoms with van der Waals surface area (Å²) < 4.78 is 0. The highest BCUT2D eigenvalue weighted by atomic mass is 16.3. The van der Waals surface area contributed by atoms with E-state index in [0.717, 1.165) is 9.80 Å². The number of aliphatic hydroxyl groups excluding tert-OH is 1. The fourth-order valence-electron chi connectivity index (χ4n) is 11.0. The molecule has 496 valence electrons. The number of hydrogen-bond donors (Lipinski definition) is 5. The highest BCUT2D eigenvalue weighted by Crippen LogP contribution is 2.26. The van der Waals surface area contributed by atoms with Crippen LogP contribution in [0.2, 0.25) is 0 Å². The molecule has 11 amide bonds. The number of amides is 11. The maximum atomic E-state index is 15.2. The highest BCUT2D eigenvalue weighted by Gasteiger charge is 2.45. The number of aliphatic hydroxyl groups is 1. The van der Waals surface area contributed by atoms with E-state index in [-0.39, 0.29) is 49.9 Å². The molecule has 1 saturated heterocycles. The average Bonchev–Trinajstić information content (AvgIpc) is 3.17. The Balaban J connectivity index is 3.00. The Morgan fingerprint density at radius 3 is 1.45 bits per heavy atom. The van der Waals surface area contributed by atoms with Gasteiger partial charge in [-0.25, -0.2) is 0 Å². The van der Waals surface area contributed by atoms with E-state index in [1.165, 1.54) is 87.7 Å². The summed E-state index contributed by atoms with van der Waals surface area (Å²) in [5, 5.41) is 23.1. The zero-order valence-corrected chi connectivity index (χ0v) is 56.9. The number of hydrogen-bond acceptors (Lipinski definition) is 12. The smallest absolute Gasteiger partial charge is 0.246 e. The Labute approximate surface area is 524 Å². The number of carbonyl (C=O) groups is 11. The quantitative estimate of drug-likeness (QED) is 0.158. The first-order valence-corrected chi connectivity index (χ1v) is 31.3. The van der Waals surface area contributed by atoms with E-state index in [2.05, 4.69) is 21.3 Å². The van der Waals surface area contributed by atoms with Gasteiger partial charge in [-0.05, 0) is 93.9 Å². The van der Waals surface area contributed by atoms with Crippen molar-refractivity contribution in [2.24, 2.45) is 35.5 Å². The van der Waals surface area contributed by atoms with Crippen molar-refractivity contribution in [3.05, 3.63) is 48.0 Å². The van der Waals surface area contributed by atoms with Gasteiger partial charge < -0.3 is 60.7 Å². The maximum Gasteiger partial charge on any atom is 0.246 e. The molecular weight excluding hydrogens is 1130 g/mol. The molecule has 0 aliphatic carbocycles.